The van der Waals surface area contributed by atoms with Crippen LogP contribution in [-0.2, 0) is 0 Å². The van der Waals surface area contributed by atoms with Crippen molar-refractivity contribution in [3.63, 3.8) is 0 Å². The zero-order valence-electron chi connectivity index (χ0n) is 8.23. The molecule has 2 N–H and O–H groups in total. The van der Waals surface area contributed by atoms with Crippen LogP contribution in [0.5, 0.6) is 0 Å². The number of thiocarbonyl (C=S) groups is 1. The van der Waals surface area contributed by atoms with Gasteiger partial charge in [0.05, 0.1) is 5.57 Å². The van der Waals surface area contributed by atoms with Crippen LogP contribution in [0.4, 0.5) is 0 Å². The van der Waals surface area contributed by atoms with Gasteiger partial charge in [0.2, 0.25) is 0 Å². The quantitative estimate of drug-likeness (QED) is 0.378. The first-order valence-electron chi connectivity index (χ1n) is 4.23. The Labute approximate surface area is 98.8 Å². The molecule has 0 fully saturated rings. The Morgan fingerprint density at radius 3 is 2.47 bits per heavy atom. The molecule has 1 rings (SSSR count). The Balaban J connectivity index is 2.98. The van der Waals surface area contributed by atoms with Gasteiger partial charge in [0.25, 0.3) is 0 Å². The first-order chi connectivity index (χ1) is 7.17. The molecule has 15 heavy (non-hydrogen) atoms. The highest BCUT2D eigenvalue weighted by Crippen LogP contribution is 2.16. The van der Waals surface area contributed by atoms with Crippen molar-refractivity contribution in [3.8, 4) is 6.07 Å². The molecule has 2 nitrogen and oxygen atoms in total. The maximum absolute atomic E-state index is 8.77. The van der Waals surface area contributed by atoms with Crippen LogP contribution in [0.2, 0.25) is 0 Å². The number of rotatable bonds is 3. The van der Waals surface area contributed by atoms with Crippen LogP contribution in [0.25, 0.3) is 6.08 Å². The van der Waals surface area contributed by atoms with Gasteiger partial charge in [-0.15, -0.1) is 11.8 Å². The fourth-order valence-corrected chi connectivity index (χ4v) is 1.54. The second-order valence-corrected chi connectivity index (χ2v) is 4.13. The average molecular weight is 234 g/mol. The van der Waals surface area contributed by atoms with Crippen LogP contribution in [0.15, 0.2) is 34.7 Å². The van der Waals surface area contributed by atoms with Gasteiger partial charge in [0.15, 0.2) is 0 Å². The van der Waals surface area contributed by atoms with Gasteiger partial charge >= 0.3 is 0 Å². The minimum absolute atomic E-state index is 0.131. The van der Waals surface area contributed by atoms with Crippen LogP contribution in [-0.4, -0.2) is 11.2 Å². The lowest BCUT2D eigenvalue weighted by molar-refractivity contribution is 1.45. The minimum atomic E-state index is 0.131. The Morgan fingerprint density at radius 1 is 1.47 bits per heavy atom. The maximum Gasteiger partial charge on any atom is 0.114 e. The van der Waals surface area contributed by atoms with Crippen molar-refractivity contribution < 1.29 is 0 Å². The molecular weight excluding hydrogens is 224 g/mol. The standard InChI is InChI=1S/C11H10N2S2/c1-15-10-4-2-8(3-5-10)6-9(7-12)11(13)14/h2-6H,1H3,(H2,13,14). The van der Waals surface area contributed by atoms with Gasteiger partial charge < -0.3 is 5.73 Å². The van der Waals surface area contributed by atoms with Gasteiger partial charge in [-0.25, -0.2) is 0 Å². The largest absolute Gasteiger partial charge is 0.389 e. The third-order valence-corrected chi connectivity index (χ3v) is 2.78. The number of benzene rings is 1. The molecule has 0 heterocycles. The number of hydrogen-bond acceptors (Lipinski definition) is 3. The third-order valence-electron chi connectivity index (χ3n) is 1.81. The minimum Gasteiger partial charge on any atom is -0.389 e. The van der Waals surface area contributed by atoms with Crippen molar-refractivity contribution in [1.82, 2.24) is 0 Å². The van der Waals surface area contributed by atoms with Crippen molar-refractivity contribution in [1.29, 1.82) is 5.26 Å². The normalized spacial score (nSPS) is 10.8. The highest BCUT2D eigenvalue weighted by Gasteiger charge is 1.99. The van der Waals surface area contributed by atoms with Crippen LogP contribution in [0.1, 0.15) is 5.56 Å². The first-order valence-corrected chi connectivity index (χ1v) is 5.86. The smallest absolute Gasteiger partial charge is 0.114 e. The lowest BCUT2D eigenvalue weighted by atomic mass is 10.1. The van der Waals surface area contributed by atoms with Crippen molar-refractivity contribution in [2.45, 2.75) is 4.90 Å². The van der Waals surface area contributed by atoms with Crippen molar-refractivity contribution in [2.75, 3.05) is 6.26 Å². The van der Waals surface area contributed by atoms with E-state index in [0.29, 0.717) is 5.57 Å². The molecule has 0 saturated heterocycles. The van der Waals surface area contributed by atoms with Crippen molar-refractivity contribution in [3.05, 3.63) is 35.4 Å². The van der Waals surface area contributed by atoms with Crippen LogP contribution < -0.4 is 5.73 Å². The molecule has 0 aromatic heterocycles. The summed E-state index contributed by atoms with van der Waals surface area (Å²) in [6, 6.07) is 9.81. The molecule has 0 radical (unpaired) electrons. The fourth-order valence-electron chi connectivity index (χ4n) is 1.03. The molecule has 0 amide bonds. The van der Waals surface area contributed by atoms with E-state index in [1.165, 1.54) is 4.90 Å². The van der Waals surface area contributed by atoms with Crippen LogP contribution >= 0.6 is 24.0 Å². The summed E-state index contributed by atoms with van der Waals surface area (Å²) < 4.78 is 0. The van der Waals surface area contributed by atoms with E-state index < -0.39 is 0 Å². The monoisotopic (exact) mass is 234 g/mol. The van der Waals surface area contributed by atoms with Gasteiger partial charge in [-0.05, 0) is 30.0 Å². The number of nitrogens with two attached hydrogens (primary N) is 1. The van der Waals surface area contributed by atoms with Crippen LogP contribution in [0.3, 0.4) is 0 Å². The summed E-state index contributed by atoms with van der Waals surface area (Å²) in [6.07, 6.45) is 3.70. The van der Waals surface area contributed by atoms with E-state index >= 15 is 0 Å². The summed E-state index contributed by atoms with van der Waals surface area (Å²) >= 11 is 6.42. The number of hydrogen-bond donors (Lipinski definition) is 1. The number of nitriles is 1. The predicted octanol–water partition coefficient (Wildman–Crippen LogP) is 2.60. The van der Waals surface area contributed by atoms with Crippen molar-refractivity contribution >= 4 is 35.0 Å². The second-order valence-electron chi connectivity index (χ2n) is 2.81. The van der Waals surface area contributed by atoms with Gasteiger partial charge in [0, 0.05) is 4.90 Å². The Hall–Kier alpha value is -1.31. The first kappa shape index (κ1) is 11.8. The van der Waals surface area contributed by atoms with Gasteiger partial charge in [-0.2, -0.15) is 5.26 Å². The summed E-state index contributed by atoms with van der Waals surface area (Å²) in [7, 11) is 0. The average Bonchev–Trinajstić information content (AvgIpc) is 2.26. The van der Waals surface area contributed by atoms with E-state index in [-0.39, 0.29) is 4.99 Å². The highest BCUT2D eigenvalue weighted by molar-refractivity contribution is 7.98. The van der Waals surface area contributed by atoms with E-state index in [4.69, 9.17) is 23.2 Å². The Morgan fingerprint density at radius 2 is 2.07 bits per heavy atom. The molecule has 0 aliphatic carbocycles. The summed E-state index contributed by atoms with van der Waals surface area (Å²) in [5.41, 5.74) is 6.65. The van der Waals surface area contributed by atoms with Gasteiger partial charge in [-0.1, -0.05) is 24.4 Å². The van der Waals surface area contributed by atoms with Gasteiger partial charge in [0.1, 0.15) is 11.1 Å². The SMILES string of the molecule is CSc1ccc(C=C(C#N)C(N)=S)cc1. The molecule has 0 unspecified atom stereocenters. The van der Waals surface area contributed by atoms with Gasteiger partial charge in [-0.3, -0.25) is 0 Å². The molecule has 1 aromatic carbocycles. The molecule has 0 aliphatic rings. The van der Waals surface area contributed by atoms with E-state index in [1.807, 2.05) is 36.6 Å². The predicted molar refractivity (Wildman–Crippen MR) is 68.6 cm³/mol. The fraction of sp³-hybridized carbons (Fsp3) is 0.0909. The van der Waals surface area contributed by atoms with E-state index in [0.717, 1.165) is 5.56 Å². The zero-order valence-corrected chi connectivity index (χ0v) is 9.86. The third kappa shape index (κ3) is 3.39. The molecule has 76 valence electrons. The maximum atomic E-state index is 8.77. The Bertz CT molecular complexity index is 427. The number of thioether (sulfide) groups is 1. The molecule has 0 atom stereocenters. The Kier molecular flexibility index (Phi) is 4.35. The summed E-state index contributed by atoms with van der Waals surface area (Å²) in [5, 5.41) is 8.77. The molecule has 0 spiro atoms. The summed E-state index contributed by atoms with van der Waals surface area (Å²) in [4.78, 5) is 1.31. The molecule has 0 bridgehead atoms. The second kappa shape index (κ2) is 5.54. The molecule has 0 aliphatic heterocycles. The van der Waals surface area contributed by atoms with E-state index in [1.54, 1.807) is 17.8 Å². The number of nitrogens with zero attached hydrogens (tertiary/aromatic N) is 1. The molecule has 0 saturated carbocycles. The lowest BCUT2D eigenvalue weighted by Crippen LogP contribution is -2.09. The zero-order chi connectivity index (χ0) is 11.3. The highest BCUT2D eigenvalue weighted by atomic mass is 32.2. The molecule has 4 heteroatoms. The topological polar surface area (TPSA) is 49.8 Å². The lowest BCUT2D eigenvalue weighted by Gasteiger charge is -1.98. The summed E-state index contributed by atoms with van der Waals surface area (Å²) in [6.45, 7) is 0. The molecular formula is C11H10N2S2. The van der Waals surface area contributed by atoms with E-state index in [2.05, 4.69) is 0 Å². The summed E-state index contributed by atoms with van der Waals surface area (Å²) in [5.74, 6) is 0. The van der Waals surface area contributed by atoms with Crippen LogP contribution in [0, 0.1) is 11.3 Å². The van der Waals surface area contributed by atoms with E-state index in [9.17, 15) is 0 Å². The van der Waals surface area contributed by atoms with Crippen molar-refractivity contribution in [2.24, 2.45) is 5.73 Å². The molecule has 1 aromatic rings.